The van der Waals surface area contributed by atoms with Gasteiger partial charge < -0.3 is 9.57 Å². The van der Waals surface area contributed by atoms with Crippen molar-refractivity contribution in [1.82, 2.24) is 5.06 Å². The monoisotopic (exact) mass is 305 g/mol. The first-order valence-corrected chi connectivity index (χ1v) is 7.22. The highest BCUT2D eigenvalue weighted by atomic mass is 16.7. The zero-order valence-corrected chi connectivity index (χ0v) is 12.7. The third-order valence-corrected chi connectivity index (χ3v) is 3.62. The lowest BCUT2D eigenvalue weighted by molar-refractivity contribution is -0.203. The molecular weight excluding hydrogens is 286 g/mol. The molecule has 22 heavy (non-hydrogen) atoms. The zero-order chi connectivity index (χ0) is 16.1. The van der Waals surface area contributed by atoms with Crippen molar-refractivity contribution in [2.75, 3.05) is 0 Å². The highest BCUT2D eigenvalue weighted by Crippen LogP contribution is 2.17. The SMILES string of the molecule is C[C@H](C(=O)ON1C(=O)CCC1=O)[C@@H](C)OCc1ccccc1. The number of ether oxygens (including phenoxy) is 1. The summed E-state index contributed by atoms with van der Waals surface area (Å²) >= 11 is 0. The molecular formula is C16H19NO5. The van der Waals surface area contributed by atoms with Crippen molar-refractivity contribution >= 4 is 17.8 Å². The standard InChI is InChI=1S/C16H19NO5/c1-11(12(2)21-10-13-6-4-3-5-7-13)16(20)22-17-14(18)8-9-15(17)19/h3-7,11-12H,8-10H2,1-2H3/t11-,12+/m0/s1. The molecule has 1 aromatic carbocycles. The maximum Gasteiger partial charge on any atom is 0.338 e. The molecule has 6 nitrogen and oxygen atoms in total. The molecule has 118 valence electrons. The third-order valence-electron chi connectivity index (χ3n) is 3.62. The van der Waals surface area contributed by atoms with Gasteiger partial charge in [0.25, 0.3) is 11.8 Å². The van der Waals surface area contributed by atoms with Crippen molar-refractivity contribution in [2.45, 2.75) is 39.4 Å². The Morgan fingerprint density at radius 1 is 1.14 bits per heavy atom. The van der Waals surface area contributed by atoms with E-state index < -0.39 is 29.8 Å². The first-order chi connectivity index (χ1) is 10.5. The van der Waals surface area contributed by atoms with Gasteiger partial charge in [0.2, 0.25) is 0 Å². The van der Waals surface area contributed by atoms with Gasteiger partial charge in [-0.05, 0) is 19.4 Å². The van der Waals surface area contributed by atoms with Gasteiger partial charge in [-0.15, -0.1) is 5.06 Å². The number of hydrogen-bond donors (Lipinski definition) is 0. The molecule has 2 amide bonds. The quantitative estimate of drug-likeness (QED) is 0.750. The highest BCUT2D eigenvalue weighted by Gasteiger charge is 2.35. The maximum absolute atomic E-state index is 12.0. The summed E-state index contributed by atoms with van der Waals surface area (Å²) in [5, 5.41) is 0.558. The van der Waals surface area contributed by atoms with Crippen molar-refractivity contribution < 1.29 is 24.0 Å². The Hall–Kier alpha value is -2.21. The topological polar surface area (TPSA) is 72.9 Å². The van der Waals surface area contributed by atoms with Gasteiger partial charge in [-0.1, -0.05) is 30.3 Å². The molecule has 1 heterocycles. The molecule has 2 atom stereocenters. The summed E-state index contributed by atoms with van der Waals surface area (Å²) in [6, 6.07) is 9.59. The van der Waals surface area contributed by atoms with Crippen LogP contribution in [0.25, 0.3) is 0 Å². The molecule has 0 saturated carbocycles. The molecule has 1 aliphatic rings. The molecule has 2 rings (SSSR count). The molecule has 0 spiro atoms. The summed E-state index contributed by atoms with van der Waals surface area (Å²) in [6.45, 7) is 3.77. The predicted octanol–water partition coefficient (Wildman–Crippen LogP) is 1.83. The lowest BCUT2D eigenvalue weighted by atomic mass is 10.1. The summed E-state index contributed by atoms with van der Waals surface area (Å²) in [4.78, 5) is 39.7. The van der Waals surface area contributed by atoms with Crippen LogP contribution in [0.1, 0.15) is 32.3 Å². The first-order valence-electron chi connectivity index (χ1n) is 7.22. The molecule has 1 saturated heterocycles. The smallest absolute Gasteiger partial charge is 0.338 e. The Bertz CT molecular complexity index is 541. The van der Waals surface area contributed by atoms with Gasteiger partial charge >= 0.3 is 5.97 Å². The second-order valence-corrected chi connectivity index (χ2v) is 5.28. The number of carbonyl (C=O) groups is 3. The van der Waals surface area contributed by atoms with E-state index in [9.17, 15) is 14.4 Å². The van der Waals surface area contributed by atoms with E-state index in [2.05, 4.69) is 0 Å². The fourth-order valence-corrected chi connectivity index (χ4v) is 1.97. The number of benzene rings is 1. The van der Waals surface area contributed by atoms with Gasteiger partial charge in [0.15, 0.2) is 0 Å². The van der Waals surface area contributed by atoms with E-state index in [0.717, 1.165) is 5.56 Å². The fourth-order valence-electron chi connectivity index (χ4n) is 1.97. The summed E-state index contributed by atoms with van der Waals surface area (Å²) in [6.07, 6.45) is -0.235. The molecule has 1 aliphatic heterocycles. The average molecular weight is 305 g/mol. The van der Waals surface area contributed by atoms with Gasteiger partial charge in [0, 0.05) is 12.8 Å². The maximum atomic E-state index is 12.0. The molecule has 0 radical (unpaired) electrons. The third kappa shape index (κ3) is 3.92. The average Bonchev–Trinajstić information content (AvgIpc) is 2.84. The number of rotatable bonds is 6. The van der Waals surface area contributed by atoms with Crippen LogP contribution in [-0.2, 0) is 30.6 Å². The van der Waals surface area contributed by atoms with Crippen molar-refractivity contribution in [2.24, 2.45) is 5.92 Å². The summed E-state index contributed by atoms with van der Waals surface area (Å²) in [5.74, 6) is -2.21. The second kappa shape index (κ2) is 7.17. The van der Waals surface area contributed by atoms with Gasteiger partial charge in [-0.25, -0.2) is 4.79 Å². The van der Waals surface area contributed by atoms with Crippen LogP contribution >= 0.6 is 0 Å². The Balaban J connectivity index is 1.84. The number of nitrogens with zero attached hydrogens (tertiary/aromatic N) is 1. The van der Waals surface area contributed by atoms with E-state index in [1.54, 1.807) is 13.8 Å². The van der Waals surface area contributed by atoms with E-state index in [1.165, 1.54) is 0 Å². The number of hydrogen-bond acceptors (Lipinski definition) is 5. The first kappa shape index (κ1) is 16.2. The van der Waals surface area contributed by atoms with Crippen LogP contribution in [0.15, 0.2) is 30.3 Å². The molecule has 0 bridgehead atoms. The van der Waals surface area contributed by atoms with Gasteiger partial charge in [-0.2, -0.15) is 0 Å². The minimum atomic E-state index is -0.649. The van der Waals surface area contributed by atoms with E-state index >= 15 is 0 Å². The predicted molar refractivity (Wildman–Crippen MR) is 77.0 cm³/mol. The largest absolute Gasteiger partial charge is 0.373 e. The lowest BCUT2D eigenvalue weighted by Gasteiger charge is -2.21. The number of carbonyl (C=O) groups excluding carboxylic acids is 3. The Labute approximate surface area is 129 Å². The van der Waals surface area contributed by atoms with Crippen molar-refractivity contribution in [3.63, 3.8) is 0 Å². The second-order valence-electron chi connectivity index (χ2n) is 5.28. The molecule has 0 aliphatic carbocycles. The molecule has 0 unspecified atom stereocenters. The van der Waals surface area contributed by atoms with Gasteiger partial charge in [0.05, 0.1) is 18.6 Å². The van der Waals surface area contributed by atoms with Crippen LogP contribution < -0.4 is 0 Å². The summed E-state index contributed by atoms with van der Waals surface area (Å²) in [7, 11) is 0. The van der Waals surface area contributed by atoms with Crippen LogP contribution in [0.5, 0.6) is 0 Å². The van der Waals surface area contributed by atoms with E-state index in [1.807, 2.05) is 30.3 Å². The minimum Gasteiger partial charge on any atom is -0.373 e. The Kier molecular flexibility index (Phi) is 5.27. The molecule has 1 aromatic rings. The van der Waals surface area contributed by atoms with Crippen LogP contribution in [0.4, 0.5) is 0 Å². The van der Waals surface area contributed by atoms with Gasteiger partial charge in [-0.3, -0.25) is 9.59 Å². The van der Waals surface area contributed by atoms with E-state index in [4.69, 9.17) is 9.57 Å². The lowest BCUT2D eigenvalue weighted by Crippen LogP contribution is -2.37. The molecule has 0 aromatic heterocycles. The molecule has 6 heteroatoms. The summed E-state index contributed by atoms with van der Waals surface area (Å²) < 4.78 is 5.64. The van der Waals surface area contributed by atoms with Crippen molar-refractivity contribution in [3.05, 3.63) is 35.9 Å². The van der Waals surface area contributed by atoms with Crippen molar-refractivity contribution in [1.29, 1.82) is 0 Å². The Morgan fingerprint density at radius 3 is 2.32 bits per heavy atom. The van der Waals surface area contributed by atoms with E-state index in [-0.39, 0.29) is 12.8 Å². The highest BCUT2D eigenvalue weighted by molar-refractivity contribution is 6.01. The number of imide groups is 1. The number of hydroxylamine groups is 2. The summed E-state index contributed by atoms with van der Waals surface area (Å²) in [5.41, 5.74) is 1.000. The zero-order valence-electron chi connectivity index (χ0n) is 12.7. The molecule has 0 N–H and O–H groups in total. The van der Waals surface area contributed by atoms with Crippen LogP contribution in [0, 0.1) is 5.92 Å². The van der Waals surface area contributed by atoms with Crippen LogP contribution in [-0.4, -0.2) is 29.0 Å². The minimum absolute atomic E-state index is 0.0839. The van der Waals surface area contributed by atoms with Crippen LogP contribution in [0.3, 0.4) is 0 Å². The van der Waals surface area contributed by atoms with Gasteiger partial charge in [0.1, 0.15) is 0 Å². The molecule has 1 fully saturated rings. The normalized spacial score (nSPS) is 17.5. The van der Waals surface area contributed by atoms with E-state index in [0.29, 0.717) is 11.7 Å². The van der Waals surface area contributed by atoms with Crippen molar-refractivity contribution in [3.8, 4) is 0 Å². The number of amides is 2. The Morgan fingerprint density at radius 2 is 1.73 bits per heavy atom. The fraction of sp³-hybridized carbons (Fsp3) is 0.438. The van der Waals surface area contributed by atoms with Crippen LogP contribution in [0.2, 0.25) is 0 Å².